The van der Waals surface area contributed by atoms with Crippen LogP contribution in [0, 0.1) is 0 Å². The van der Waals surface area contributed by atoms with Gasteiger partial charge in [0.2, 0.25) is 0 Å². The molecule has 1 aliphatic heterocycles. The summed E-state index contributed by atoms with van der Waals surface area (Å²) >= 11 is 5.13. The van der Waals surface area contributed by atoms with Gasteiger partial charge in [-0.25, -0.2) is 0 Å². The molecule has 1 aromatic rings. The largest absolute Gasteiger partial charge is 0.393 e. The fraction of sp³-hybridized carbons (Fsp3) is 0.533. The molecule has 1 aliphatic rings. The molecule has 1 heterocycles. The van der Waals surface area contributed by atoms with E-state index in [1.807, 2.05) is 0 Å². The van der Waals surface area contributed by atoms with Gasteiger partial charge in [-0.05, 0) is 38.8 Å². The van der Waals surface area contributed by atoms with Gasteiger partial charge in [-0.1, -0.05) is 42.5 Å². The number of thiocarbonyl (C=S) groups is 1. The van der Waals surface area contributed by atoms with Crippen molar-refractivity contribution in [3.63, 3.8) is 0 Å². The average Bonchev–Trinajstić information content (AvgIpc) is 2.67. The van der Waals surface area contributed by atoms with E-state index in [9.17, 15) is 0 Å². The van der Waals surface area contributed by atoms with E-state index in [0.29, 0.717) is 11.0 Å². The van der Waals surface area contributed by atoms with Gasteiger partial charge in [0.25, 0.3) is 0 Å². The second-order valence-electron chi connectivity index (χ2n) is 5.71. The highest BCUT2D eigenvalue weighted by Crippen LogP contribution is 2.38. The Bertz CT molecular complexity index is 414. The lowest BCUT2D eigenvalue weighted by molar-refractivity contribution is 0.119. The smallest absolute Gasteiger partial charge is 0.0746 e. The molecule has 1 fully saturated rings. The van der Waals surface area contributed by atoms with E-state index in [4.69, 9.17) is 18.0 Å². The summed E-state index contributed by atoms with van der Waals surface area (Å²) in [7, 11) is 0. The molecule has 0 aliphatic carbocycles. The van der Waals surface area contributed by atoms with Crippen LogP contribution in [0.5, 0.6) is 0 Å². The lowest BCUT2D eigenvalue weighted by Crippen LogP contribution is -2.42. The summed E-state index contributed by atoms with van der Waals surface area (Å²) in [5.74, 6) is 0. The minimum Gasteiger partial charge on any atom is -0.393 e. The van der Waals surface area contributed by atoms with Crippen molar-refractivity contribution in [3.8, 4) is 0 Å². The molecule has 0 spiro atoms. The topological polar surface area (TPSA) is 29.3 Å². The van der Waals surface area contributed by atoms with Crippen molar-refractivity contribution in [2.75, 3.05) is 6.54 Å². The van der Waals surface area contributed by atoms with Crippen molar-refractivity contribution >= 4 is 17.2 Å². The molecule has 0 aromatic heterocycles. The molecule has 1 saturated heterocycles. The van der Waals surface area contributed by atoms with Crippen LogP contribution in [0.3, 0.4) is 0 Å². The van der Waals surface area contributed by atoms with Crippen LogP contribution in [0.25, 0.3) is 0 Å². The maximum absolute atomic E-state index is 5.79. The molecule has 3 heteroatoms. The van der Waals surface area contributed by atoms with Crippen molar-refractivity contribution in [3.05, 3.63) is 35.9 Å². The predicted octanol–water partition coefficient (Wildman–Crippen LogP) is 3.28. The van der Waals surface area contributed by atoms with E-state index in [-0.39, 0.29) is 5.54 Å². The minimum absolute atomic E-state index is 0.241. The van der Waals surface area contributed by atoms with Gasteiger partial charge in [0.1, 0.15) is 0 Å². The summed E-state index contributed by atoms with van der Waals surface area (Å²) in [4.78, 5) is 3.16. The minimum atomic E-state index is 0.241. The van der Waals surface area contributed by atoms with Crippen LogP contribution in [-0.2, 0) is 0 Å². The lowest BCUT2D eigenvalue weighted by Gasteiger charge is -2.38. The Morgan fingerprint density at radius 1 is 1.39 bits per heavy atom. The number of hydrogen-bond acceptors (Lipinski definition) is 2. The second-order valence-corrected chi connectivity index (χ2v) is 6.23. The zero-order chi connectivity index (χ0) is 13.2. The first-order valence-corrected chi connectivity index (χ1v) is 7.01. The Kier molecular flexibility index (Phi) is 4.03. The van der Waals surface area contributed by atoms with Crippen LogP contribution in [0.15, 0.2) is 30.3 Å². The van der Waals surface area contributed by atoms with Crippen molar-refractivity contribution < 1.29 is 0 Å². The van der Waals surface area contributed by atoms with Crippen molar-refractivity contribution in [1.29, 1.82) is 0 Å². The van der Waals surface area contributed by atoms with Crippen LogP contribution >= 0.6 is 12.2 Å². The van der Waals surface area contributed by atoms with Crippen LogP contribution < -0.4 is 5.73 Å². The van der Waals surface area contributed by atoms with Gasteiger partial charge in [0.05, 0.1) is 4.99 Å². The molecule has 2 N–H and O–H groups in total. The maximum Gasteiger partial charge on any atom is 0.0746 e. The predicted molar refractivity (Wildman–Crippen MR) is 80.6 cm³/mol. The first kappa shape index (κ1) is 13.5. The van der Waals surface area contributed by atoms with Gasteiger partial charge in [0.15, 0.2) is 0 Å². The highest BCUT2D eigenvalue weighted by molar-refractivity contribution is 7.80. The molecule has 2 rings (SSSR count). The molecule has 0 saturated carbocycles. The molecular formula is C15H22N2S. The fourth-order valence-electron chi connectivity index (χ4n) is 2.98. The Morgan fingerprint density at radius 3 is 2.56 bits per heavy atom. The Morgan fingerprint density at radius 2 is 2.06 bits per heavy atom. The van der Waals surface area contributed by atoms with Crippen molar-refractivity contribution in [2.45, 2.75) is 44.7 Å². The maximum atomic E-state index is 5.79. The van der Waals surface area contributed by atoms with Gasteiger partial charge in [-0.2, -0.15) is 0 Å². The third-order valence-corrected chi connectivity index (χ3v) is 4.09. The summed E-state index contributed by atoms with van der Waals surface area (Å²) < 4.78 is 0. The number of benzene rings is 1. The molecule has 98 valence electrons. The molecule has 2 nitrogen and oxygen atoms in total. The third-order valence-electron chi connectivity index (χ3n) is 3.92. The van der Waals surface area contributed by atoms with E-state index in [0.717, 1.165) is 13.0 Å². The van der Waals surface area contributed by atoms with Gasteiger partial charge in [-0.3, -0.25) is 4.90 Å². The van der Waals surface area contributed by atoms with E-state index in [2.05, 4.69) is 49.1 Å². The summed E-state index contributed by atoms with van der Waals surface area (Å²) in [6.45, 7) is 5.76. The lowest BCUT2D eigenvalue weighted by atomic mass is 9.95. The quantitative estimate of drug-likeness (QED) is 0.844. The monoisotopic (exact) mass is 262 g/mol. The van der Waals surface area contributed by atoms with Crippen LogP contribution in [0.1, 0.15) is 44.7 Å². The number of nitrogens with zero attached hydrogens (tertiary/aromatic N) is 1. The molecule has 0 radical (unpaired) electrons. The van der Waals surface area contributed by atoms with Crippen LogP contribution in [-0.4, -0.2) is 22.0 Å². The van der Waals surface area contributed by atoms with Gasteiger partial charge < -0.3 is 5.73 Å². The fourth-order valence-corrected chi connectivity index (χ4v) is 3.14. The van der Waals surface area contributed by atoms with E-state index in [1.165, 1.54) is 18.4 Å². The van der Waals surface area contributed by atoms with Gasteiger partial charge in [-0.15, -0.1) is 0 Å². The molecule has 0 bridgehead atoms. The standard InChI is InChI=1S/C15H22N2S/c1-15(2)9-6-10-17(15)13(11-14(16)18)12-7-4-3-5-8-12/h3-5,7-8,13H,6,9-11H2,1-2H3,(H2,16,18). The van der Waals surface area contributed by atoms with Crippen LogP contribution in [0.4, 0.5) is 0 Å². The zero-order valence-electron chi connectivity index (χ0n) is 11.2. The zero-order valence-corrected chi connectivity index (χ0v) is 12.0. The molecular weight excluding hydrogens is 240 g/mol. The molecule has 18 heavy (non-hydrogen) atoms. The molecule has 1 aromatic carbocycles. The Labute approximate surface area is 115 Å². The first-order valence-electron chi connectivity index (χ1n) is 6.61. The summed E-state index contributed by atoms with van der Waals surface area (Å²) in [6, 6.07) is 10.9. The van der Waals surface area contributed by atoms with E-state index in [1.54, 1.807) is 0 Å². The Balaban J connectivity index is 2.28. The molecule has 1 atom stereocenters. The normalized spacial score (nSPS) is 20.8. The SMILES string of the molecule is CC1(C)CCCN1C(CC(N)=S)c1ccccc1. The Hall–Kier alpha value is -0.930. The van der Waals surface area contributed by atoms with Gasteiger partial charge in [0, 0.05) is 18.0 Å². The second kappa shape index (κ2) is 5.37. The van der Waals surface area contributed by atoms with Crippen molar-refractivity contribution in [1.82, 2.24) is 4.90 Å². The van der Waals surface area contributed by atoms with Crippen molar-refractivity contribution in [2.24, 2.45) is 5.73 Å². The van der Waals surface area contributed by atoms with E-state index < -0.39 is 0 Å². The molecule has 0 amide bonds. The van der Waals surface area contributed by atoms with E-state index >= 15 is 0 Å². The number of nitrogens with two attached hydrogens (primary N) is 1. The summed E-state index contributed by atoms with van der Waals surface area (Å²) in [5, 5.41) is 0. The molecule has 1 unspecified atom stereocenters. The number of hydrogen-bond donors (Lipinski definition) is 1. The first-order chi connectivity index (χ1) is 8.50. The summed E-state index contributed by atoms with van der Waals surface area (Å²) in [6.07, 6.45) is 3.27. The highest BCUT2D eigenvalue weighted by atomic mass is 32.1. The summed E-state index contributed by atoms with van der Waals surface area (Å²) in [5.41, 5.74) is 7.35. The number of rotatable bonds is 4. The highest BCUT2D eigenvalue weighted by Gasteiger charge is 2.37. The van der Waals surface area contributed by atoms with Crippen LogP contribution in [0.2, 0.25) is 0 Å². The average molecular weight is 262 g/mol. The van der Waals surface area contributed by atoms with Gasteiger partial charge >= 0.3 is 0 Å². The number of likely N-dealkylation sites (tertiary alicyclic amines) is 1. The third kappa shape index (κ3) is 2.90.